The average Bonchev–Trinajstić information content (AvgIpc) is 2.44. The van der Waals surface area contributed by atoms with Gasteiger partial charge in [-0.1, -0.05) is 30.3 Å². The molecule has 0 bridgehead atoms. The minimum absolute atomic E-state index is 0.0380. The molecule has 1 aliphatic heterocycles. The molecular weight excluding hydrogens is 250 g/mol. The lowest BCUT2D eigenvalue weighted by Crippen LogP contribution is -2.62. The van der Waals surface area contributed by atoms with Gasteiger partial charge in [-0.2, -0.15) is 5.06 Å². The van der Waals surface area contributed by atoms with Crippen molar-refractivity contribution in [1.29, 1.82) is 0 Å². The van der Waals surface area contributed by atoms with E-state index in [1.165, 1.54) is 5.06 Å². The van der Waals surface area contributed by atoms with Gasteiger partial charge in [0, 0.05) is 0 Å². The molecule has 1 heterocycles. The van der Waals surface area contributed by atoms with Crippen molar-refractivity contribution >= 4 is 0 Å². The molecule has 2 rings (SSSR count). The Labute approximate surface area is 111 Å². The standard InChI is InChI=1S/C13H19NO5/c15-7-10-12(17)13(18)11(16)6-14(10)19-8-9-4-2-1-3-5-9/h1-5,10-13,15-18H,6-8H2/t10-,11+,12+,13+/m0/s1. The zero-order valence-electron chi connectivity index (χ0n) is 10.5. The monoisotopic (exact) mass is 269 g/mol. The molecule has 6 heteroatoms. The third kappa shape index (κ3) is 3.30. The lowest BCUT2D eigenvalue weighted by atomic mass is 9.96. The first kappa shape index (κ1) is 14.4. The maximum atomic E-state index is 9.78. The molecule has 6 nitrogen and oxygen atoms in total. The average molecular weight is 269 g/mol. The van der Waals surface area contributed by atoms with Gasteiger partial charge in [0.15, 0.2) is 0 Å². The Hall–Kier alpha value is -1.02. The largest absolute Gasteiger partial charge is 0.395 e. The second-order valence-electron chi connectivity index (χ2n) is 4.66. The summed E-state index contributed by atoms with van der Waals surface area (Å²) in [7, 11) is 0. The molecule has 19 heavy (non-hydrogen) atoms. The molecule has 106 valence electrons. The van der Waals surface area contributed by atoms with Crippen molar-refractivity contribution in [3.63, 3.8) is 0 Å². The molecule has 0 radical (unpaired) electrons. The summed E-state index contributed by atoms with van der Waals surface area (Å²) >= 11 is 0. The number of rotatable bonds is 4. The van der Waals surface area contributed by atoms with Crippen molar-refractivity contribution in [1.82, 2.24) is 5.06 Å². The third-order valence-electron chi connectivity index (χ3n) is 3.30. The molecule has 1 fully saturated rings. The number of hydrogen-bond donors (Lipinski definition) is 4. The Bertz CT molecular complexity index is 388. The van der Waals surface area contributed by atoms with E-state index in [2.05, 4.69) is 0 Å². The van der Waals surface area contributed by atoms with Crippen LogP contribution in [-0.4, -0.2) is 63.0 Å². The Morgan fingerprint density at radius 3 is 2.42 bits per heavy atom. The van der Waals surface area contributed by atoms with Crippen LogP contribution >= 0.6 is 0 Å². The molecule has 0 spiro atoms. The van der Waals surface area contributed by atoms with Gasteiger partial charge in [-0.25, -0.2) is 0 Å². The molecular formula is C13H19NO5. The number of aliphatic hydroxyl groups excluding tert-OH is 4. The van der Waals surface area contributed by atoms with E-state index in [0.29, 0.717) is 0 Å². The second kappa shape index (κ2) is 6.42. The highest BCUT2D eigenvalue weighted by molar-refractivity contribution is 5.13. The maximum Gasteiger partial charge on any atom is 0.109 e. The zero-order valence-corrected chi connectivity index (χ0v) is 10.5. The normalized spacial score (nSPS) is 32.4. The molecule has 1 saturated heterocycles. The van der Waals surface area contributed by atoms with Crippen LogP contribution in [0, 0.1) is 0 Å². The molecule has 1 aromatic rings. The maximum absolute atomic E-state index is 9.78. The molecule has 0 aliphatic carbocycles. The van der Waals surface area contributed by atoms with E-state index >= 15 is 0 Å². The highest BCUT2D eigenvalue weighted by atomic mass is 16.7. The summed E-state index contributed by atoms with van der Waals surface area (Å²) in [4.78, 5) is 5.50. The zero-order chi connectivity index (χ0) is 13.8. The van der Waals surface area contributed by atoms with Crippen molar-refractivity contribution in [2.24, 2.45) is 0 Å². The highest BCUT2D eigenvalue weighted by Gasteiger charge is 2.41. The molecule has 0 amide bonds. The molecule has 0 saturated carbocycles. The first-order chi connectivity index (χ1) is 9.13. The number of β-amino-alcohol motifs (C(OH)–C–C–N with tert-alkyl or cyclic N) is 1. The van der Waals surface area contributed by atoms with Gasteiger partial charge < -0.3 is 20.4 Å². The van der Waals surface area contributed by atoms with E-state index in [1.54, 1.807) is 0 Å². The Morgan fingerprint density at radius 2 is 1.79 bits per heavy atom. The van der Waals surface area contributed by atoms with Crippen LogP contribution in [0.25, 0.3) is 0 Å². The van der Waals surface area contributed by atoms with Gasteiger partial charge in [0.2, 0.25) is 0 Å². The van der Waals surface area contributed by atoms with E-state index in [9.17, 15) is 20.4 Å². The topological polar surface area (TPSA) is 93.4 Å². The first-order valence-corrected chi connectivity index (χ1v) is 6.22. The molecule has 1 aliphatic rings. The highest BCUT2D eigenvalue weighted by Crippen LogP contribution is 2.20. The fraction of sp³-hybridized carbons (Fsp3) is 0.538. The van der Waals surface area contributed by atoms with Gasteiger partial charge in [-0.3, -0.25) is 4.84 Å². The fourth-order valence-corrected chi connectivity index (χ4v) is 2.13. The molecule has 4 atom stereocenters. The van der Waals surface area contributed by atoms with E-state index in [-0.39, 0.29) is 19.8 Å². The van der Waals surface area contributed by atoms with Crippen LogP contribution in [-0.2, 0) is 11.4 Å². The molecule has 4 N–H and O–H groups in total. The van der Waals surface area contributed by atoms with Crippen LogP contribution in [0.1, 0.15) is 5.56 Å². The minimum Gasteiger partial charge on any atom is -0.395 e. The number of hydrogen-bond acceptors (Lipinski definition) is 6. The van der Waals surface area contributed by atoms with Crippen molar-refractivity contribution in [2.75, 3.05) is 13.2 Å². The van der Waals surface area contributed by atoms with E-state index in [0.717, 1.165) is 5.56 Å². The summed E-state index contributed by atoms with van der Waals surface area (Å²) in [6, 6.07) is 8.68. The summed E-state index contributed by atoms with van der Waals surface area (Å²) in [5, 5.41) is 39.5. The van der Waals surface area contributed by atoms with Crippen LogP contribution in [0.3, 0.4) is 0 Å². The number of nitrogens with zero attached hydrogens (tertiary/aromatic N) is 1. The first-order valence-electron chi connectivity index (χ1n) is 6.22. The molecule has 0 unspecified atom stereocenters. The minimum atomic E-state index is -1.27. The van der Waals surface area contributed by atoms with E-state index in [4.69, 9.17) is 4.84 Å². The van der Waals surface area contributed by atoms with Gasteiger partial charge in [0.1, 0.15) is 12.2 Å². The van der Waals surface area contributed by atoms with Gasteiger partial charge in [-0.15, -0.1) is 0 Å². The summed E-state index contributed by atoms with van der Waals surface area (Å²) in [5.41, 5.74) is 0.939. The van der Waals surface area contributed by atoms with Crippen LogP contribution in [0.15, 0.2) is 30.3 Å². The summed E-state index contributed by atoms with van der Waals surface area (Å²) in [6.45, 7) is -0.0527. The fourth-order valence-electron chi connectivity index (χ4n) is 2.13. The van der Waals surface area contributed by atoms with Gasteiger partial charge in [0.25, 0.3) is 0 Å². The van der Waals surface area contributed by atoms with Crippen molar-refractivity contribution in [3.05, 3.63) is 35.9 Å². The van der Waals surface area contributed by atoms with E-state index in [1.807, 2.05) is 30.3 Å². The number of hydroxylamine groups is 2. The van der Waals surface area contributed by atoms with E-state index < -0.39 is 24.4 Å². The van der Waals surface area contributed by atoms with Crippen LogP contribution in [0.5, 0.6) is 0 Å². The number of piperidine rings is 1. The second-order valence-corrected chi connectivity index (χ2v) is 4.66. The lowest BCUT2D eigenvalue weighted by molar-refractivity contribution is -0.273. The van der Waals surface area contributed by atoms with Crippen LogP contribution < -0.4 is 0 Å². The SMILES string of the molecule is OC[C@H]1[C@@H](O)[C@H](O)[C@H](O)CN1OCc1ccccc1. The Kier molecular flexibility index (Phi) is 4.87. The summed E-state index contributed by atoms with van der Waals surface area (Å²) in [5.74, 6) is 0. The van der Waals surface area contributed by atoms with Crippen LogP contribution in [0.4, 0.5) is 0 Å². The van der Waals surface area contributed by atoms with Gasteiger partial charge in [-0.05, 0) is 5.56 Å². The number of aliphatic hydroxyl groups is 4. The predicted molar refractivity (Wildman–Crippen MR) is 66.8 cm³/mol. The van der Waals surface area contributed by atoms with Crippen molar-refractivity contribution < 1.29 is 25.3 Å². The van der Waals surface area contributed by atoms with Crippen molar-refractivity contribution in [3.8, 4) is 0 Å². The molecule has 1 aromatic carbocycles. The Morgan fingerprint density at radius 1 is 1.11 bits per heavy atom. The van der Waals surface area contributed by atoms with Crippen molar-refractivity contribution in [2.45, 2.75) is 31.0 Å². The third-order valence-corrected chi connectivity index (χ3v) is 3.30. The summed E-state index contributed by atoms with van der Waals surface area (Å²) in [6.07, 6.45) is -3.62. The smallest absolute Gasteiger partial charge is 0.109 e. The van der Waals surface area contributed by atoms with Gasteiger partial charge in [0.05, 0.1) is 31.9 Å². The predicted octanol–water partition coefficient (Wildman–Crippen LogP) is -1.12. The Balaban J connectivity index is 1.98. The van der Waals surface area contributed by atoms with Crippen LogP contribution in [0.2, 0.25) is 0 Å². The lowest BCUT2D eigenvalue weighted by Gasteiger charge is -2.41. The molecule has 0 aromatic heterocycles. The number of benzene rings is 1. The summed E-state index contributed by atoms with van der Waals surface area (Å²) < 4.78 is 0. The quantitative estimate of drug-likeness (QED) is 0.553. The van der Waals surface area contributed by atoms with Gasteiger partial charge >= 0.3 is 0 Å².